The summed E-state index contributed by atoms with van der Waals surface area (Å²) in [5.41, 5.74) is 2.15. The number of nitrogens with one attached hydrogen (secondary N) is 1. The molecule has 0 saturated carbocycles. The summed E-state index contributed by atoms with van der Waals surface area (Å²) in [6, 6.07) is 9.16. The van der Waals surface area contributed by atoms with Crippen LogP contribution in [-0.4, -0.2) is 31.8 Å². The third kappa shape index (κ3) is 4.43. The van der Waals surface area contributed by atoms with Gasteiger partial charge in [-0.05, 0) is 30.7 Å². The number of aromatic nitrogens is 5. The maximum absolute atomic E-state index is 13.6. The van der Waals surface area contributed by atoms with Gasteiger partial charge in [0, 0.05) is 29.0 Å². The lowest BCUT2D eigenvalue weighted by Crippen LogP contribution is -2.01. The first-order chi connectivity index (χ1) is 14.5. The maximum atomic E-state index is 13.6. The molecule has 0 aliphatic carbocycles. The first kappa shape index (κ1) is 19.9. The Balaban J connectivity index is 1.58. The molecule has 0 atom stereocenters. The number of nitrogens with zero attached hydrogens (tertiary/aromatic N) is 5. The second-order valence-electron chi connectivity index (χ2n) is 6.46. The molecule has 0 unspecified atom stereocenters. The number of ether oxygens (including phenoxy) is 1. The molecule has 0 saturated heterocycles. The smallest absolute Gasteiger partial charge is 0.282 e. The second-order valence-corrected chi connectivity index (χ2v) is 7.32. The Morgan fingerprint density at radius 3 is 2.67 bits per heavy atom. The van der Waals surface area contributed by atoms with E-state index in [9.17, 15) is 8.78 Å². The lowest BCUT2D eigenvalue weighted by Gasteiger charge is -2.03. The summed E-state index contributed by atoms with van der Waals surface area (Å²) in [5, 5.41) is 9.30. The van der Waals surface area contributed by atoms with Gasteiger partial charge >= 0.3 is 0 Å². The van der Waals surface area contributed by atoms with Crippen molar-refractivity contribution in [3.8, 4) is 17.0 Å². The number of halogens is 2. The van der Waals surface area contributed by atoms with Crippen molar-refractivity contribution in [2.75, 3.05) is 12.4 Å². The van der Waals surface area contributed by atoms with E-state index in [0.29, 0.717) is 28.9 Å². The van der Waals surface area contributed by atoms with Crippen molar-refractivity contribution in [2.24, 2.45) is 0 Å². The molecular weight excluding hydrogens is 410 g/mol. The first-order valence-corrected chi connectivity index (χ1v) is 9.91. The lowest BCUT2D eigenvalue weighted by atomic mass is 10.2. The summed E-state index contributed by atoms with van der Waals surface area (Å²) in [7, 11) is 1.59. The van der Waals surface area contributed by atoms with Gasteiger partial charge in [-0.3, -0.25) is 4.68 Å². The molecule has 4 rings (SSSR count). The Kier molecular flexibility index (Phi) is 5.66. The van der Waals surface area contributed by atoms with Crippen molar-refractivity contribution in [2.45, 2.75) is 19.9 Å². The Morgan fingerprint density at radius 2 is 1.97 bits per heavy atom. The lowest BCUT2D eigenvalue weighted by molar-refractivity contribution is 0.145. The fourth-order valence-electron chi connectivity index (χ4n) is 2.85. The van der Waals surface area contributed by atoms with Gasteiger partial charge in [-0.25, -0.2) is 23.7 Å². The Hall–Kier alpha value is -3.40. The van der Waals surface area contributed by atoms with Crippen LogP contribution in [0.4, 0.5) is 19.9 Å². The quantitative estimate of drug-likeness (QED) is 0.454. The summed E-state index contributed by atoms with van der Waals surface area (Å²) >= 11 is 1.28. The van der Waals surface area contributed by atoms with Crippen LogP contribution in [0.15, 0.2) is 48.1 Å². The van der Waals surface area contributed by atoms with Gasteiger partial charge in [0.1, 0.15) is 11.4 Å². The van der Waals surface area contributed by atoms with Crippen LogP contribution in [0.25, 0.3) is 11.3 Å². The van der Waals surface area contributed by atoms with Gasteiger partial charge < -0.3 is 10.1 Å². The maximum Gasteiger partial charge on any atom is 0.282 e. The van der Waals surface area contributed by atoms with E-state index >= 15 is 0 Å². The second kappa shape index (κ2) is 8.54. The average Bonchev–Trinajstić information content (AvgIpc) is 3.35. The number of anilines is 2. The molecular formula is C20H18F2N6OS. The van der Waals surface area contributed by atoms with Gasteiger partial charge in [0.25, 0.3) is 6.43 Å². The van der Waals surface area contributed by atoms with Crippen LogP contribution in [0.2, 0.25) is 0 Å². The van der Waals surface area contributed by atoms with Crippen LogP contribution >= 0.6 is 11.3 Å². The summed E-state index contributed by atoms with van der Waals surface area (Å²) in [6.07, 6.45) is 0.515. The zero-order valence-corrected chi connectivity index (χ0v) is 17.0. The molecule has 0 radical (unpaired) electrons. The van der Waals surface area contributed by atoms with E-state index in [-0.39, 0.29) is 5.69 Å². The number of hydrogen-bond donors (Lipinski definition) is 1. The standard InChI is InChI=1S/C20H18F2N6OS/c1-12-7-8-23-19(24-12)26-20-25-16(11-30-20)15-10-28(27-17(15)18(21)22)9-13-3-5-14(29-2)6-4-13/h3-8,10-11,18H,9H2,1-2H3,(H,23,24,25,26). The number of alkyl halides is 2. The molecule has 4 aromatic rings. The summed E-state index contributed by atoms with van der Waals surface area (Å²) in [5.74, 6) is 1.13. The SMILES string of the molecule is COc1ccc(Cn2cc(-c3csc(Nc4nccc(C)n4)n3)c(C(F)F)n2)cc1. The fraction of sp³-hybridized carbons (Fsp3) is 0.200. The summed E-state index contributed by atoms with van der Waals surface area (Å²) in [4.78, 5) is 12.8. The number of hydrogen-bond acceptors (Lipinski definition) is 7. The largest absolute Gasteiger partial charge is 0.497 e. The predicted molar refractivity (Wildman–Crippen MR) is 110 cm³/mol. The molecule has 30 heavy (non-hydrogen) atoms. The Labute approximate surface area is 175 Å². The normalized spacial score (nSPS) is 11.1. The zero-order valence-electron chi connectivity index (χ0n) is 16.2. The van der Waals surface area contributed by atoms with E-state index in [2.05, 4.69) is 25.4 Å². The molecule has 10 heteroatoms. The zero-order chi connectivity index (χ0) is 21.1. The minimum Gasteiger partial charge on any atom is -0.497 e. The number of methoxy groups -OCH3 is 1. The van der Waals surface area contributed by atoms with Crippen molar-refractivity contribution < 1.29 is 13.5 Å². The molecule has 0 fully saturated rings. The monoisotopic (exact) mass is 428 g/mol. The van der Waals surface area contributed by atoms with Crippen molar-refractivity contribution >= 4 is 22.4 Å². The third-order valence-electron chi connectivity index (χ3n) is 4.29. The molecule has 1 aromatic carbocycles. The Morgan fingerprint density at radius 1 is 1.17 bits per heavy atom. The first-order valence-electron chi connectivity index (χ1n) is 9.03. The van der Waals surface area contributed by atoms with Crippen LogP contribution in [0.1, 0.15) is 23.4 Å². The molecule has 3 aromatic heterocycles. The highest BCUT2D eigenvalue weighted by atomic mass is 32.1. The average molecular weight is 428 g/mol. The molecule has 0 aliphatic rings. The number of benzene rings is 1. The van der Waals surface area contributed by atoms with E-state index in [1.54, 1.807) is 30.9 Å². The van der Waals surface area contributed by atoms with Crippen molar-refractivity contribution in [3.63, 3.8) is 0 Å². The molecule has 3 heterocycles. The van der Waals surface area contributed by atoms with Gasteiger partial charge in [0.05, 0.1) is 19.3 Å². The van der Waals surface area contributed by atoms with Crippen molar-refractivity contribution in [1.29, 1.82) is 0 Å². The van der Waals surface area contributed by atoms with E-state index in [4.69, 9.17) is 4.74 Å². The molecule has 0 aliphatic heterocycles. The van der Waals surface area contributed by atoms with E-state index < -0.39 is 6.43 Å². The predicted octanol–water partition coefficient (Wildman–Crippen LogP) is 4.84. The van der Waals surface area contributed by atoms with E-state index in [1.807, 2.05) is 31.2 Å². The van der Waals surface area contributed by atoms with Crippen LogP contribution in [0.3, 0.4) is 0 Å². The summed E-state index contributed by atoms with van der Waals surface area (Å²) < 4.78 is 33.9. The van der Waals surface area contributed by atoms with Gasteiger partial charge in [0.2, 0.25) is 5.95 Å². The third-order valence-corrected chi connectivity index (χ3v) is 5.05. The molecule has 1 N–H and O–H groups in total. The molecule has 0 bridgehead atoms. The minimum absolute atomic E-state index is 0.299. The molecule has 154 valence electrons. The highest BCUT2D eigenvalue weighted by Gasteiger charge is 2.21. The number of thiazole rings is 1. The van der Waals surface area contributed by atoms with Crippen LogP contribution in [0.5, 0.6) is 5.75 Å². The van der Waals surface area contributed by atoms with Gasteiger partial charge in [0.15, 0.2) is 5.13 Å². The van der Waals surface area contributed by atoms with Crippen LogP contribution in [0, 0.1) is 6.92 Å². The number of aryl methyl sites for hydroxylation is 1. The van der Waals surface area contributed by atoms with Gasteiger partial charge in [-0.15, -0.1) is 11.3 Å². The highest BCUT2D eigenvalue weighted by molar-refractivity contribution is 7.14. The van der Waals surface area contributed by atoms with E-state index in [0.717, 1.165) is 17.0 Å². The van der Waals surface area contributed by atoms with Crippen molar-refractivity contribution in [1.82, 2.24) is 24.7 Å². The molecule has 0 spiro atoms. The number of rotatable bonds is 7. The molecule has 7 nitrogen and oxygen atoms in total. The highest BCUT2D eigenvalue weighted by Crippen LogP contribution is 2.33. The van der Waals surface area contributed by atoms with Crippen LogP contribution in [-0.2, 0) is 6.54 Å². The van der Waals surface area contributed by atoms with E-state index in [1.165, 1.54) is 16.0 Å². The minimum atomic E-state index is -2.71. The molecule has 0 amide bonds. The fourth-order valence-corrected chi connectivity index (χ4v) is 3.56. The van der Waals surface area contributed by atoms with Gasteiger partial charge in [-0.2, -0.15) is 5.10 Å². The van der Waals surface area contributed by atoms with Crippen LogP contribution < -0.4 is 10.1 Å². The summed E-state index contributed by atoms with van der Waals surface area (Å²) in [6.45, 7) is 2.21. The van der Waals surface area contributed by atoms with Gasteiger partial charge in [-0.1, -0.05) is 12.1 Å². The van der Waals surface area contributed by atoms with Crippen molar-refractivity contribution in [3.05, 3.63) is 65.1 Å². The Bertz CT molecular complexity index is 1140. The topological polar surface area (TPSA) is 77.8 Å².